The molecule has 1 aliphatic rings. The average molecular weight is 413 g/mol. The number of nitrogens with one attached hydrogen (secondary N) is 2. The molecule has 156 valence electrons. The maximum absolute atomic E-state index is 12.6. The topological polar surface area (TPSA) is 146 Å². The number of H-pyrrole nitrogens is 1. The highest BCUT2D eigenvalue weighted by molar-refractivity contribution is 5.97. The molecule has 0 bridgehead atoms. The third kappa shape index (κ3) is 4.37. The lowest BCUT2D eigenvalue weighted by Crippen LogP contribution is -2.42. The van der Waals surface area contributed by atoms with Gasteiger partial charge in [-0.15, -0.1) is 0 Å². The number of carbonyl (C=O) groups is 4. The highest BCUT2D eigenvalue weighted by Gasteiger charge is 2.39. The van der Waals surface area contributed by atoms with Gasteiger partial charge in [-0.25, -0.2) is 4.79 Å². The van der Waals surface area contributed by atoms with Crippen LogP contribution in [0, 0.1) is 0 Å². The van der Waals surface area contributed by atoms with Crippen molar-refractivity contribution in [2.45, 2.75) is 25.5 Å². The first-order chi connectivity index (χ1) is 14.3. The molecule has 1 aromatic carbocycles. The van der Waals surface area contributed by atoms with Crippen LogP contribution in [-0.2, 0) is 19.1 Å². The predicted molar refractivity (Wildman–Crippen MR) is 105 cm³/mol. The van der Waals surface area contributed by atoms with Crippen LogP contribution >= 0.6 is 0 Å². The number of pyridine rings is 1. The molecule has 30 heavy (non-hydrogen) atoms. The van der Waals surface area contributed by atoms with Crippen LogP contribution in [0.4, 0.5) is 5.69 Å². The number of aromatic nitrogens is 1. The molecule has 2 heterocycles. The normalized spacial score (nSPS) is 18.0. The minimum Gasteiger partial charge on any atom is -0.477 e. The summed E-state index contributed by atoms with van der Waals surface area (Å²) < 4.78 is 4.89. The van der Waals surface area contributed by atoms with E-state index in [0.717, 1.165) is 0 Å². The van der Waals surface area contributed by atoms with Gasteiger partial charge in [0.1, 0.15) is 17.7 Å². The number of carbonyl (C=O) groups excluding carboxylic acids is 3. The Morgan fingerprint density at radius 2 is 1.90 bits per heavy atom. The molecule has 1 aromatic heterocycles. The first kappa shape index (κ1) is 20.8. The number of hydrogen-bond acceptors (Lipinski definition) is 6. The first-order valence-electron chi connectivity index (χ1n) is 9.04. The molecule has 1 fully saturated rings. The van der Waals surface area contributed by atoms with Crippen LogP contribution in [-0.4, -0.2) is 57.9 Å². The summed E-state index contributed by atoms with van der Waals surface area (Å²) in [6.07, 6.45) is -0.325. The summed E-state index contributed by atoms with van der Waals surface area (Å²) in [5.41, 5.74) is 0.445. The van der Waals surface area contributed by atoms with Crippen molar-refractivity contribution < 1.29 is 29.0 Å². The lowest BCUT2D eigenvalue weighted by atomic mass is 10.1. The molecule has 1 saturated heterocycles. The van der Waals surface area contributed by atoms with Crippen LogP contribution in [0.2, 0.25) is 0 Å². The number of carboxylic acids is 1. The van der Waals surface area contributed by atoms with Crippen LogP contribution in [0.1, 0.15) is 23.7 Å². The van der Waals surface area contributed by atoms with E-state index in [1.165, 1.54) is 24.0 Å². The standard InChI is InChI=1S/C20H19N3O7/c1-11(25)23-9-14(30-10-24)8-17(23)19(27)21-13-4-2-12(3-5-13)16-7-6-15(20(28)29)18(26)22-16/h2-7,10,14,17H,8-9H2,1H3,(H,21,27)(H,22,26)(H,28,29)/t14?,17-/m0/s1. The molecule has 10 heteroatoms. The molecule has 0 radical (unpaired) electrons. The number of amides is 2. The lowest BCUT2D eigenvalue weighted by molar-refractivity contribution is -0.136. The number of anilines is 1. The summed E-state index contributed by atoms with van der Waals surface area (Å²) in [6.45, 7) is 1.80. The molecule has 0 saturated carbocycles. The summed E-state index contributed by atoms with van der Waals surface area (Å²) in [4.78, 5) is 61.6. The quantitative estimate of drug-likeness (QED) is 0.595. The van der Waals surface area contributed by atoms with Crippen molar-refractivity contribution in [3.8, 4) is 11.3 Å². The summed E-state index contributed by atoms with van der Waals surface area (Å²) in [6, 6.07) is 8.47. The molecule has 2 atom stereocenters. The Balaban J connectivity index is 1.72. The van der Waals surface area contributed by atoms with E-state index in [-0.39, 0.29) is 24.4 Å². The zero-order valence-electron chi connectivity index (χ0n) is 16.0. The number of benzene rings is 1. The van der Waals surface area contributed by atoms with Gasteiger partial charge >= 0.3 is 5.97 Å². The number of carboxylic acid groups (broad SMARTS) is 1. The van der Waals surface area contributed by atoms with Crippen LogP contribution in [0.3, 0.4) is 0 Å². The van der Waals surface area contributed by atoms with Crippen molar-refractivity contribution in [2.75, 3.05) is 11.9 Å². The fourth-order valence-electron chi connectivity index (χ4n) is 3.34. The highest BCUT2D eigenvalue weighted by Crippen LogP contribution is 2.23. The smallest absolute Gasteiger partial charge is 0.341 e. The maximum Gasteiger partial charge on any atom is 0.341 e. The fraction of sp³-hybridized carbons (Fsp3) is 0.250. The molecule has 0 spiro atoms. The Labute approximate surface area is 170 Å². The van der Waals surface area contributed by atoms with E-state index in [2.05, 4.69) is 10.3 Å². The van der Waals surface area contributed by atoms with Gasteiger partial charge in [-0.1, -0.05) is 12.1 Å². The van der Waals surface area contributed by atoms with Crippen LogP contribution in [0.5, 0.6) is 0 Å². The first-order valence-corrected chi connectivity index (χ1v) is 9.04. The molecule has 1 unspecified atom stereocenters. The van der Waals surface area contributed by atoms with Gasteiger partial charge in [0.15, 0.2) is 0 Å². The molecule has 3 rings (SSSR count). The number of rotatable bonds is 6. The predicted octanol–water partition coefficient (Wildman–Crippen LogP) is 0.841. The summed E-state index contributed by atoms with van der Waals surface area (Å²) in [5, 5.41) is 11.6. The van der Waals surface area contributed by atoms with Crippen molar-refractivity contribution in [3.63, 3.8) is 0 Å². The number of likely N-dealkylation sites (tertiary alicyclic amines) is 1. The molecule has 1 aliphatic heterocycles. The van der Waals surface area contributed by atoms with E-state index in [0.29, 0.717) is 23.4 Å². The van der Waals surface area contributed by atoms with E-state index < -0.39 is 29.6 Å². The number of aromatic carboxylic acids is 1. The van der Waals surface area contributed by atoms with Gasteiger partial charge in [-0.3, -0.25) is 19.2 Å². The SMILES string of the molecule is CC(=O)N1CC(OC=O)C[C@H]1C(=O)Nc1ccc(-c2ccc(C(=O)O)c(=O)[nH]2)cc1. The summed E-state index contributed by atoms with van der Waals surface area (Å²) in [5.74, 6) is -2.02. The van der Waals surface area contributed by atoms with Gasteiger partial charge in [-0.05, 0) is 29.8 Å². The van der Waals surface area contributed by atoms with Crippen molar-refractivity contribution in [2.24, 2.45) is 0 Å². The van der Waals surface area contributed by atoms with Crippen molar-refractivity contribution in [1.82, 2.24) is 9.88 Å². The summed E-state index contributed by atoms with van der Waals surface area (Å²) >= 11 is 0. The Morgan fingerprint density at radius 1 is 1.20 bits per heavy atom. The molecule has 3 N–H and O–H groups in total. The Kier molecular flexibility index (Phi) is 5.95. The van der Waals surface area contributed by atoms with Gasteiger partial charge in [0.2, 0.25) is 11.8 Å². The Morgan fingerprint density at radius 3 is 2.47 bits per heavy atom. The Bertz CT molecular complexity index is 1050. The highest BCUT2D eigenvalue weighted by atomic mass is 16.5. The van der Waals surface area contributed by atoms with Crippen LogP contribution < -0.4 is 10.9 Å². The number of nitrogens with zero attached hydrogens (tertiary/aromatic N) is 1. The molecule has 2 aromatic rings. The van der Waals surface area contributed by atoms with Gasteiger partial charge < -0.3 is 25.0 Å². The maximum atomic E-state index is 12.6. The zero-order chi connectivity index (χ0) is 21.8. The molecule has 0 aliphatic carbocycles. The van der Waals surface area contributed by atoms with Crippen LogP contribution in [0.25, 0.3) is 11.3 Å². The number of ether oxygens (including phenoxy) is 1. The van der Waals surface area contributed by atoms with Gasteiger partial charge in [-0.2, -0.15) is 0 Å². The van der Waals surface area contributed by atoms with Crippen LogP contribution in [0.15, 0.2) is 41.2 Å². The minimum atomic E-state index is -1.31. The largest absolute Gasteiger partial charge is 0.477 e. The van der Waals surface area contributed by atoms with E-state index in [1.807, 2.05) is 0 Å². The second kappa shape index (κ2) is 8.60. The lowest BCUT2D eigenvalue weighted by Gasteiger charge is -2.21. The van der Waals surface area contributed by atoms with Crippen molar-refractivity contribution >= 4 is 29.9 Å². The third-order valence-electron chi connectivity index (χ3n) is 4.82. The monoisotopic (exact) mass is 413 g/mol. The third-order valence-corrected chi connectivity index (χ3v) is 4.82. The van der Waals surface area contributed by atoms with E-state index >= 15 is 0 Å². The van der Waals surface area contributed by atoms with Crippen molar-refractivity contribution in [3.05, 3.63) is 52.3 Å². The second-order valence-corrected chi connectivity index (χ2v) is 6.76. The van der Waals surface area contributed by atoms with Gasteiger partial charge in [0.05, 0.1) is 6.54 Å². The van der Waals surface area contributed by atoms with E-state index in [1.54, 1.807) is 24.3 Å². The van der Waals surface area contributed by atoms with E-state index in [9.17, 15) is 24.0 Å². The van der Waals surface area contributed by atoms with E-state index in [4.69, 9.17) is 9.84 Å². The number of aromatic amines is 1. The fourth-order valence-corrected chi connectivity index (χ4v) is 3.34. The molecule has 2 amide bonds. The zero-order valence-corrected chi connectivity index (χ0v) is 16.0. The average Bonchev–Trinajstić information content (AvgIpc) is 3.13. The molecular formula is C20H19N3O7. The van der Waals surface area contributed by atoms with Gasteiger partial charge in [0, 0.05) is 24.7 Å². The minimum absolute atomic E-state index is 0.158. The van der Waals surface area contributed by atoms with Gasteiger partial charge in [0.25, 0.3) is 12.0 Å². The van der Waals surface area contributed by atoms with Crippen molar-refractivity contribution in [1.29, 1.82) is 0 Å². The summed E-state index contributed by atoms with van der Waals surface area (Å²) in [7, 11) is 0. The Hall–Kier alpha value is -3.95. The second-order valence-electron chi connectivity index (χ2n) is 6.76. The molecular weight excluding hydrogens is 394 g/mol. The number of hydrogen-bond donors (Lipinski definition) is 3. The molecule has 10 nitrogen and oxygen atoms in total.